The quantitative estimate of drug-likeness (QED) is 0.412. The third-order valence-electron chi connectivity index (χ3n) is 8.18. The second kappa shape index (κ2) is 12.0. The minimum atomic E-state index is -0.570. The van der Waals surface area contributed by atoms with Crippen LogP contribution in [-0.4, -0.2) is 47.2 Å². The summed E-state index contributed by atoms with van der Waals surface area (Å²) in [5.41, 5.74) is -0.0390. The van der Waals surface area contributed by atoms with Gasteiger partial charge in [-0.05, 0) is 50.5 Å². The molecule has 2 unspecified atom stereocenters. The van der Waals surface area contributed by atoms with Crippen molar-refractivity contribution in [2.45, 2.75) is 88.1 Å². The zero-order chi connectivity index (χ0) is 25.4. The minimum absolute atomic E-state index is 0.0707. The third-order valence-corrected chi connectivity index (χ3v) is 8.18. The van der Waals surface area contributed by atoms with Crippen molar-refractivity contribution >= 4 is 17.8 Å². The van der Waals surface area contributed by atoms with Gasteiger partial charge in [0.05, 0.1) is 29.5 Å². The van der Waals surface area contributed by atoms with Crippen molar-refractivity contribution in [3.63, 3.8) is 0 Å². The first-order chi connectivity index (χ1) is 17.4. The van der Waals surface area contributed by atoms with Gasteiger partial charge in [-0.15, -0.1) is 0 Å². The van der Waals surface area contributed by atoms with E-state index in [1.165, 1.54) is 0 Å². The summed E-state index contributed by atoms with van der Waals surface area (Å²) in [6, 6.07) is 9.93. The molecule has 0 saturated heterocycles. The van der Waals surface area contributed by atoms with Crippen LogP contribution in [0.2, 0.25) is 0 Å². The number of ether oxygens (including phenoxy) is 1. The molecule has 3 aliphatic rings. The van der Waals surface area contributed by atoms with Gasteiger partial charge in [0, 0.05) is 6.42 Å². The number of hydrogen-bond acceptors (Lipinski definition) is 5. The molecule has 2 saturated carbocycles. The molecule has 2 fully saturated rings. The Bertz CT molecular complexity index is 932. The zero-order valence-electron chi connectivity index (χ0n) is 21.2. The SMILES string of the molecule is O=C(CC1CC=CCC(Cc2ccccc2)C(=O)OCC2(CCCC2)NC1=O)NC1(CO)CCCC1. The Labute approximate surface area is 214 Å². The van der Waals surface area contributed by atoms with Crippen LogP contribution in [0.3, 0.4) is 0 Å². The standard InChI is InChI=1S/C29H40N2O5/c32-20-28(14-6-7-15-28)30-25(33)19-23-12-4-5-13-24(18-22-10-2-1-3-11-22)27(35)36-21-29(31-26(23)34)16-8-9-17-29/h1-5,10-11,23-24,32H,6-9,12-21H2,(H,30,33)(H,31,34). The maximum atomic E-state index is 13.4. The average Bonchev–Trinajstić information content (AvgIpc) is 3.54. The first kappa shape index (κ1) is 26.4. The molecule has 4 rings (SSSR count). The Hall–Kier alpha value is -2.67. The summed E-state index contributed by atoms with van der Waals surface area (Å²) in [5.74, 6) is -1.41. The van der Waals surface area contributed by atoms with E-state index in [4.69, 9.17) is 4.74 Å². The van der Waals surface area contributed by atoms with Gasteiger partial charge in [0.1, 0.15) is 6.61 Å². The van der Waals surface area contributed by atoms with Crippen molar-refractivity contribution in [1.29, 1.82) is 0 Å². The Morgan fingerprint density at radius 3 is 2.28 bits per heavy atom. The molecular weight excluding hydrogens is 456 g/mol. The van der Waals surface area contributed by atoms with Crippen molar-refractivity contribution in [1.82, 2.24) is 10.6 Å². The predicted molar refractivity (Wildman–Crippen MR) is 137 cm³/mol. The van der Waals surface area contributed by atoms with E-state index in [0.717, 1.165) is 56.9 Å². The summed E-state index contributed by atoms with van der Waals surface area (Å²) in [5, 5.41) is 16.1. The minimum Gasteiger partial charge on any atom is -0.463 e. The molecule has 196 valence electrons. The van der Waals surface area contributed by atoms with Gasteiger partial charge in [0.2, 0.25) is 11.8 Å². The number of amides is 2. The summed E-state index contributed by atoms with van der Waals surface area (Å²) in [6.45, 7) is 0.0892. The number of carbonyl (C=O) groups excluding carboxylic acids is 3. The highest BCUT2D eigenvalue weighted by Crippen LogP contribution is 2.32. The van der Waals surface area contributed by atoms with E-state index in [9.17, 15) is 19.5 Å². The maximum absolute atomic E-state index is 13.4. The first-order valence-electron chi connectivity index (χ1n) is 13.5. The lowest BCUT2D eigenvalue weighted by Crippen LogP contribution is -2.53. The first-order valence-corrected chi connectivity index (χ1v) is 13.5. The number of aliphatic hydroxyl groups is 1. The van der Waals surface area contributed by atoms with Gasteiger partial charge in [-0.2, -0.15) is 0 Å². The molecule has 0 bridgehead atoms. The average molecular weight is 497 g/mol. The topological polar surface area (TPSA) is 105 Å². The van der Waals surface area contributed by atoms with Crippen molar-refractivity contribution in [3.05, 3.63) is 48.0 Å². The second-order valence-corrected chi connectivity index (χ2v) is 11.0. The molecule has 2 atom stereocenters. The van der Waals surface area contributed by atoms with E-state index in [1.807, 2.05) is 42.5 Å². The van der Waals surface area contributed by atoms with Gasteiger partial charge >= 0.3 is 5.97 Å². The number of carbonyl (C=O) groups is 3. The van der Waals surface area contributed by atoms with Crippen LogP contribution in [-0.2, 0) is 25.5 Å². The molecule has 2 aliphatic carbocycles. The third kappa shape index (κ3) is 6.75. The normalized spacial score (nSPS) is 26.0. The van der Waals surface area contributed by atoms with Gasteiger partial charge in [0.15, 0.2) is 0 Å². The highest BCUT2D eigenvalue weighted by Gasteiger charge is 2.40. The number of esters is 1. The van der Waals surface area contributed by atoms with Crippen LogP contribution in [0.5, 0.6) is 0 Å². The van der Waals surface area contributed by atoms with Crippen molar-refractivity contribution < 1.29 is 24.2 Å². The lowest BCUT2D eigenvalue weighted by Gasteiger charge is -2.33. The van der Waals surface area contributed by atoms with Gasteiger partial charge < -0.3 is 20.5 Å². The predicted octanol–water partition coefficient (Wildman–Crippen LogP) is 3.60. The molecule has 1 aliphatic heterocycles. The van der Waals surface area contributed by atoms with E-state index in [1.54, 1.807) is 0 Å². The largest absolute Gasteiger partial charge is 0.463 e. The summed E-state index contributed by atoms with van der Waals surface area (Å²) < 4.78 is 5.82. The lowest BCUT2D eigenvalue weighted by molar-refractivity contribution is -0.152. The van der Waals surface area contributed by atoms with E-state index in [-0.39, 0.29) is 43.3 Å². The van der Waals surface area contributed by atoms with Gasteiger partial charge in [-0.1, -0.05) is 68.2 Å². The van der Waals surface area contributed by atoms with Gasteiger partial charge in [0.25, 0.3) is 0 Å². The van der Waals surface area contributed by atoms with Gasteiger partial charge in [-0.3, -0.25) is 14.4 Å². The fraction of sp³-hybridized carbons (Fsp3) is 0.621. The number of aliphatic hydroxyl groups excluding tert-OH is 1. The van der Waals surface area contributed by atoms with Crippen molar-refractivity contribution in [2.24, 2.45) is 11.8 Å². The lowest BCUT2D eigenvalue weighted by atomic mass is 9.91. The van der Waals surface area contributed by atoms with Crippen LogP contribution in [0.4, 0.5) is 0 Å². The van der Waals surface area contributed by atoms with Crippen LogP contribution in [0.1, 0.15) is 76.2 Å². The van der Waals surface area contributed by atoms with E-state index >= 15 is 0 Å². The molecule has 1 aromatic rings. The van der Waals surface area contributed by atoms with Crippen LogP contribution >= 0.6 is 0 Å². The van der Waals surface area contributed by atoms with Crippen LogP contribution in [0.15, 0.2) is 42.5 Å². The van der Waals surface area contributed by atoms with Crippen molar-refractivity contribution in [3.8, 4) is 0 Å². The molecule has 7 heteroatoms. The number of nitrogens with one attached hydrogen (secondary N) is 2. The summed E-state index contributed by atoms with van der Waals surface area (Å²) in [4.78, 5) is 39.4. The van der Waals surface area contributed by atoms with E-state index in [0.29, 0.717) is 19.3 Å². The summed E-state index contributed by atoms with van der Waals surface area (Å²) >= 11 is 0. The zero-order valence-corrected chi connectivity index (χ0v) is 21.2. The maximum Gasteiger partial charge on any atom is 0.309 e. The van der Waals surface area contributed by atoms with E-state index < -0.39 is 17.0 Å². The van der Waals surface area contributed by atoms with E-state index in [2.05, 4.69) is 10.6 Å². The molecule has 2 amide bonds. The highest BCUT2D eigenvalue weighted by molar-refractivity contribution is 5.86. The Morgan fingerprint density at radius 1 is 0.972 bits per heavy atom. The molecular formula is C29H40N2O5. The number of cyclic esters (lactones) is 1. The Balaban J connectivity index is 1.49. The Morgan fingerprint density at radius 2 is 1.61 bits per heavy atom. The fourth-order valence-corrected chi connectivity index (χ4v) is 5.96. The summed E-state index contributed by atoms with van der Waals surface area (Å²) in [6.07, 6.45) is 12.4. The fourth-order valence-electron chi connectivity index (χ4n) is 5.96. The molecule has 3 N–H and O–H groups in total. The Kier molecular flexibility index (Phi) is 8.83. The summed E-state index contributed by atoms with van der Waals surface area (Å²) in [7, 11) is 0. The smallest absolute Gasteiger partial charge is 0.309 e. The molecule has 1 heterocycles. The monoisotopic (exact) mass is 496 g/mol. The highest BCUT2D eigenvalue weighted by atomic mass is 16.5. The second-order valence-electron chi connectivity index (χ2n) is 11.0. The van der Waals surface area contributed by atoms with Crippen LogP contribution in [0.25, 0.3) is 0 Å². The molecule has 7 nitrogen and oxygen atoms in total. The number of benzene rings is 1. The number of rotatable bonds is 6. The molecule has 0 aromatic heterocycles. The number of allylic oxidation sites excluding steroid dienone is 2. The van der Waals surface area contributed by atoms with Crippen LogP contribution in [0, 0.1) is 11.8 Å². The molecule has 1 spiro atoms. The number of hydrogen-bond donors (Lipinski definition) is 3. The van der Waals surface area contributed by atoms with Gasteiger partial charge in [-0.25, -0.2) is 0 Å². The molecule has 1 aromatic carbocycles. The molecule has 36 heavy (non-hydrogen) atoms. The van der Waals surface area contributed by atoms with Crippen LogP contribution < -0.4 is 10.6 Å². The molecule has 0 radical (unpaired) electrons. The van der Waals surface area contributed by atoms with Crippen molar-refractivity contribution in [2.75, 3.05) is 13.2 Å².